The van der Waals surface area contributed by atoms with Crippen molar-refractivity contribution in [2.45, 2.75) is 103 Å². The van der Waals surface area contributed by atoms with Gasteiger partial charge >= 0.3 is 12.2 Å². The number of benzene rings is 3. The minimum atomic E-state index is -0.734. The number of ether oxygens (including phenoxy) is 2. The molecule has 4 heterocycles. The number of nitrogens with one attached hydrogen (secondary N) is 4. The van der Waals surface area contributed by atoms with Gasteiger partial charge in [0.05, 0.1) is 50.1 Å². The maximum atomic E-state index is 14.2. The number of nitrogens with zero attached hydrogens (tertiary/aromatic N) is 4. The van der Waals surface area contributed by atoms with Crippen molar-refractivity contribution in [2.75, 3.05) is 20.8 Å². The second-order valence-electron chi connectivity index (χ2n) is 19.6. The third-order valence-corrected chi connectivity index (χ3v) is 14.0. The van der Waals surface area contributed by atoms with Gasteiger partial charge in [-0.3, -0.25) is 9.59 Å². The molecule has 4 N–H and O–H groups in total. The van der Waals surface area contributed by atoms with Gasteiger partial charge < -0.3 is 39.9 Å². The zero-order chi connectivity index (χ0) is 44.4. The van der Waals surface area contributed by atoms with Crippen LogP contribution in [-0.4, -0.2) is 92.6 Å². The fraction of sp³-hybridized carbons (Fsp3) is 0.469. The number of hydrogen-bond acceptors (Lipinski definition) is 8. The van der Waals surface area contributed by atoms with Crippen molar-refractivity contribution in [2.24, 2.45) is 22.7 Å². The first-order valence-corrected chi connectivity index (χ1v) is 22.2. The minimum absolute atomic E-state index is 0.102. The Balaban J connectivity index is 0.896. The molecule has 5 aromatic rings. The van der Waals surface area contributed by atoms with E-state index in [1.54, 1.807) is 0 Å². The number of hydrogen-bond donors (Lipinski definition) is 4. The van der Waals surface area contributed by atoms with Gasteiger partial charge in [0.25, 0.3) is 0 Å². The predicted octanol–water partition coefficient (Wildman–Crippen LogP) is 8.54. The van der Waals surface area contributed by atoms with Crippen molar-refractivity contribution in [3.63, 3.8) is 0 Å². The van der Waals surface area contributed by atoms with Crippen LogP contribution in [-0.2, 0) is 19.1 Å². The van der Waals surface area contributed by atoms with Crippen molar-refractivity contribution in [1.29, 1.82) is 0 Å². The number of carbonyl (C=O) groups is 4. The van der Waals surface area contributed by atoms with Gasteiger partial charge in [0.15, 0.2) is 0 Å². The molecule has 14 nitrogen and oxygen atoms in total. The van der Waals surface area contributed by atoms with Crippen LogP contribution >= 0.6 is 0 Å². The van der Waals surface area contributed by atoms with E-state index in [2.05, 4.69) is 81.3 Å². The highest BCUT2D eigenvalue weighted by Gasteiger charge is 2.55. The van der Waals surface area contributed by atoms with E-state index in [4.69, 9.17) is 19.4 Å². The van der Waals surface area contributed by atoms with Crippen LogP contribution in [0.15, 0.2) is 73.1 Å². The number of carbonyl (C=O) groups excluding carboxylic acids is 4. The minimum Gasteiger partial charge on any atom is -0.453 e. The summed E-state index contributed by atoms with van der Waals surface area (Å²) in [6.07, 6.45) is 8.40. The maximum absolute atomic E-state index is 14.2. The molecule has 1 spiro atoms. The molecule has 330 valence electrons. The molecule has 4 unspecified atom stereocenters. The number of methoxy groups -OCH3 is 2. The topological polar surface area (TPSA) is 175 Å². The van der Waals surface area contributed by atoms with Crippen LogP contribution in [0.1, 0.15) is 96.9 Å². The Labute approximate surface area is 367 Å². The average Bonchev–Trinajstić information content (AvgIpc) is 3.91. The third-order valence-electron chi connectivity index (χ3n) is 14.0. The molecule has 2 bridgehead atoms. The number of aromatic nitrogens is 4. The standard InChI is InChI=1S/C49H58N8O6/c1-27(2)39(54-46(60)62-6)44(58)56-26-49(18-19-49)23-38(56)42-50-25-37(52-42)33-15-14-31-20-30(12-13-32(31)21-33)28-8-10-29(11-9-28)36-24-51-43(53-36)40-34-16-17-35(22-34)57(40)45(59)41(48(3,4)5)55-47(61)63-7/h8-15,20-21,24-25,27,34-35,38-41H,16-19,22-23,26H2,1-7H3,(H,50,52)(H,51,53)(H,54,60)(H,55,61)/t34?,35?,38-,39-,40?,41?/m0/s1. The highest BCUT2D eigenvalue weighted by Crippen LogP contribution is 2.58. The number of rotatable bonds is 10. The van der Waals surface area contributed by atoms with E-state index in [9.17, 15) is 19.2 Å². The summed E-state index contributed by atoms with van der Waals surface area (Å²) >= 11 is 0. The summed E-state index contributed by atoms with van der Waals surface area (Å²) < 4.78 is 9.70. The lowest BCUT2D eigenvalue weighted by molar-refractivity contribution is -0.141. The summed E-state index contributed by atoms with van der Waals surface area (Å²) in [6, 6.07) is 19.6. The van der Waals surface area contributed by atoms with Crippen LogP contribution in [0.2, 0.25) is 0 Å². The fourth-order valence-corrected chi connectivity index (χ4v) is 10.3. The molecule has 4 amide bonds. The summed E-state index contributed by atoms with van der Waals surface area (Å²) in [5, 5.41) is 7.77. The Kier molecular flexibility index (Phi) is 10.8. The van der Waals surface area contributed by atoms with Gasteiger partial charge in [-0.2, -0.15) is 0 Å². The third kappa shape index (κ3) is 8.04. The largest absolute Gasteiger partial charge is 0.453 e. The molecule has 4 fully saturated rings. The highest BCUT2D eigenvalue weighted by atomic mass is 16.5. The van der Waals surface area contributed by atoms with E-state index in [0.717, 1.165) is 94.6 Å². The molecule has 2 aliphatic carbocycles. The summed E-state index contributed by atoms with van der Waals surface area (Å²) in [5.74, 6) is 1.52. The van der Waals surface area contributed by atoms with Crippen molar-refractivity contribution in [1.82, 2.24) is 40.4 Å². The number of fused-ring (bicyclic) bond motifs is 3. The van der Waals surface area contributed by atoms with E-state index in [1.807, 2.05) is 56.8 Å². The van der Waals surface area contributed by atoms with Crippen molar-refractivity contribution in [3.8, 4) is 33.6 Å². The Morgan fingerprint density at radius 2 is 1.35 bits per heavy atom. The fourth-order valence-electron chi connectivity index (χ4n) is 10.3. The lowest BCUT2D eigenvalue weighted by Crippen LogP contribution is -2.56. The second-order valence-corrected chi connectivity index (χ2v) is 19.6. The quantitative estimate of drug-likeness (QED) is 0.108. The molecule has 6 atom stereocenters. The SMILES string of the molecule is COC(=O)NC(C(=O)N1C2CCC(C2)C1c1ncc(-c2ccc(-c3ccc4cc(-c5cnc([C@@H]6CC7(CC7)CN6C(=O)[C@@H](NC(=O)OC)C(C)C)[nH]5)ccc4c3)cc2)[nH]1)C(C)(C)C. The number of amides is 4. The number of alkyl carbamates (subject to hydrolysis) is 2. The molecule has 4 aliphatic rings. The molecule has 0 radical (unpaired) electrons. The van der Waals surface area contributed by atoms with E-state index < -0.39 is 29.7 Å². The van der Waals surface area contributed by atoms with E-state index in [0.29, 0.717) is 12.5 Å². The second kappa shape index (κ2) is 16.2. The van der Waals surface area contributed by atoms with Crippen LogP contribution in [0.5, 0.6) is 0 Å². The van der Waals surface area contributed by atoms with Crippen LogP contribution in [0, 0.1) is 22.7 Å². The molecular weight excluding hydrogens is 797 g/mol. The predicted molar refractivity (Wildman–Crippen MR) is 239 cm³/mol. The summed E-state index contributed by atoms with van der Waals surface area (Å²) in [4.78, 5) is 73.1. The van der Waals surface area contributed by atoms with Crippen LogP contribution in [0.4, 0.5) is 9.59 Å². The molecule has 9 rings (SSSR count). The van der Waals surface area contributed by atoms with Crippen molar-refractivity contribution >= 4 is 34.8 Å². The van der Waals surface area contributed by atoms with Gasteiger partial charge in [0.1, 0.15) is 23.7 Å². The average molecular weight is 855 g/mol. The summed E-state index contributed by atoms with van der Waals surface area (Å²) in [6.45, 7) is 10.4. The van der Waals surface area contributed by atoms with Gasteiger partial charge in [-0.1, -0.05) is 83.1 Å². The highest BCUT2D eigenvalue weighted by molar-refractivity contribution is 5.91. The molecule has 2 saturated heterocycles. The zero-order valence-electron chi connectivity index (χ0n) is 37.2. The van der Waals surface area contributed by atoms with Crippen LogP contribution in [0.3, 0.4) is 0 Å². The van der Waals surface area contributed by atoms with Gasteiger partial charge in [-0.15, -0.1) is 0 Å². The molecular formula is C49H58N8O6. The lowest BCUT2D eigenvalue weighted by Gasteiger charge is -2.40. The molecule has 2 aliphatic heterocycles. The number of piperidine rings is 1. The molecule has 2 saturated carbocycles. The van der Waals surface area contributed by atoms with Crippen LogP contribution in [0.25, 0.3) is 44.4 Å². The maximum Gasteiger partial charge on any atom is 0.407 e. The Bertz CT molecular complexity index is 2550. The molecule has 63 heavy (non-hydrogen) atoms. The van der Waals surface area contributed by atoms with Crippen LogP contribution < -0.4 is 10.6 Å². The number of likely N-dealkylation sites (tertiary alicyclic amines) is 2. The van der Waals surface area contributed by atoms with Crippen molar-refractivity contribution < 1.29 is 28.7 Å². The van der Waals surface area contributed by atoms with Gasteiger partial charge in [-0.25, -0.2) is 19.6 Å². The monoisotopic (exact) mass is 854 g/mol. The van der Waals surface area contributed by atoms with E-state index in [-0.39, 0.29) is 41.3 Å². The Morgan fingerprint density at radius 1 is 0.762 bits per heavy atom. The molecule has 14 heteroatoms. The van der Waals surface area contributed by atoms with Crippen molar-refractivity contribution in [3.05, 3.63) is 84.7 Å². The first-order chi connectivity index (χ1) is 30.1. The lowest BCUT2D eigenvalue weighted by atomic mass is 9.85. The summed E-state index contributed by atoms with van der Waals surface area (Å²) in [5.41, 5.74) is 5.57. The zero-order valence-corrected chi connectivity index (χ0v) is 37.2. The normalized spacial score (nSPS) is 22.1. The smallest absolute Gasteiger partial charge is 0.407 e. The van der Waals surface area contributed by atoms with E-state index in [1.165, 1.54) is 14.2 Å². The van der Waals surface area contributed by atoms with E-state index >= 15 is 0 Å². The number of H-pyrrole nitrogens is 2. The number of aromatic amines is 2. The summed E-state index contributed by atoms with van der Waals surface area (Å²) in [7, 11) is 2.62. The first-order valence-electron chi connectivity index (χ1n) is 22.2. The number of imidazole rings is 2. The van der Waals surface area contributed by atoms with Gasteiger partial charge in [-0.05, 0) is 101 Å². The van der Waals surface area contributed by atoms with Gasteiger partial charge in [0, 0.05) is 18.2 Å². The first kappa shape index (κ1) is 42.1. The Morgan fingerprint density at radius 3 is 2.00 bits per heavy atom. The molecule has 2 aromatic heterocycles. The molecule has 3 aromatic carbocycles. The van der Waals surface area contributed by atoms with Gasteiger partial charge in [0.2, 0.25) is 11.8 Å². The Hall–Kier alpha value is -6.18.